The van der Waals surface area contributed by atoms with Crippen LogP contribution >= 0.6 is 15.9 Å². The number of sulfonamides is 1. The number of hydrogen-bond acceptors (Lipinski definition) is 3. The molecule has 23 heavy (non-hydrogen) atoms. The van der Waals surface area contributed by atoms with Gasteiger partial charge in [-0.3, -0.25) is 0 Å². The quantitative estimate of drug-likeness (QED) is 0.609. The van der Waals surface area contributed by atoms with Gasteiger partial charge >= 0.3 is 0 Å². The Morgan fingerprint density at radius 3 is 2.35 bits per heavy atom. The highest BCUT2D eigenvalue weighted by molar-refractivity contribution is 9.10. The van der Waals surface area contributed by atoms with Crippen molar-refractivity contribution in [3.05, 3.63) is 29.8 Å². The predicted molar refractivity (Wildman–Crippen MR) is 98.4 cm³/mol. The maximum atomic E-state index is 12.3. The van der Waals surface area contributed by atoms with Crippen molar-refractivity contribution in [2.45, 2.75) is 56.7 Å². The molecule has 128 valence electrons. The summed E-state index contributed by atoms with van der Waals surface area (Å²) in [4.78, 5) is 2.74. The standard InChI is InChI=1S/C17H25BrN2O2S/c1-12-5-8-14(9-6-12)23(21,22)20-19-16-10-7-13(11-15(16)18)17(2,3)4/h5-6,8-9,13,15,20H,7,10-11H2,1-4H3/b19-16-/t13-,15+/m1/s1. The molecule has 0 saturated heterocycles. The van der Waals surface area contributed by atoms with E-state index in [0.29, 0.717) is 5.92 Å². The van der Waals surface area contributed by atoms with Gasteiger partial charge in [0.1, 0.15) is 0 Å². The third-order valence-electron chi connectivity index (χ3n) is 4.47. The second kappa shape index (κ2) is 6.93. The molecule has 6 heteroatoms. The number of nitrogens with one attached hydrogen (secondary N) is 1. The summed E-state index contributed by atoms with van der Waals surface area (Å²) in [6.45, 7) is 8.67. The molecule has 0 bridgehead atoms. The van der Waals surface area contributed by atoms with E-state index >= 15 is 0 Å². The van der Waals surface area contributed by atoms with E-state index < -0.39 is 10.0 Å². The minimum Gasteiger partial charge on any atom is -0.200 e. The van der Waals surface area contributed by atoms with Crippen LogP contribution < -0.4 is 4.83 Å². The third kappa shape index (κ3) is 4.80. The molecule has 0 aromatic heterocycles. The van der Waals surface area contributed by atoms with Crippen LogP contribution in [0, 0.1) is 18.3 Å². The maximum Gasteiger partial charge on any atom is 0.276 e. The van der Waals surface area contributed by atoms with E-state index in [-0.39, 0.29) is 15.1 Å². The summed E-state index contributed by atoms with van der Waals surface area (Å²) < 4.78 is 24.6. The summed E-state index contributed by atoms with van der Waals surface area (Å²) in [6.07, 6.45) is 2.83. The summed E-state index contributed by atoms with van der Waals surface area (Å²) in [5.74, 6) is 0.611. The Kier molecular flexibility index (Phi) is 5.56. The van der Waals surface area contributed by atoms with Crippen LogP contribution in [-0.2, 0) is 10.0 Å². The molecule has 0 heterocycles. The first kappa shape index (κ1) is 18.5. The van der Waals surface area contributed by atoms with Crippen molar-refractivity contribution in [3.8, 4) is 0 Å². The van der Waals surface area contributed by atoms with E-state index in [4.69, 9.17) is 0 Å². The number of rotatable bonds is 3. The van der Waals surface area contributed by atoms with Crippen LogP contribution in [0.5, 0.6) is 0 Å². The van der Waals surface area contributed by atoms with E-state index in [1.54, 1.807) is 24.3 Å². The number of hydrazone groups is 1. The van der Waals surface area contributed by atoms with Gasteiger partial charge < -0.3 is 0 Å². The van der Waals surface area contributed by atoms with E-state index in [0.717, 1.165) is 30.5 Å². The Bertz CT molecular complexity index is 676. The lowest BCUT2D eigenvalue weighted by Crippen LogP contribution is -2.34. The number of aryl methyl sites for hydroxylation is 1. The monoisotopic (exact) mass is 400 g/mol. The predicted octanol–water partition coefficient (Wildman–Crippen LogP) is 4.24. The SMILES string of the molecule is Cc1ccc(S(=O)(=O)N/N=C2/CC[C@@H](C(C)(C)C)C[C@@H]2Br)cc1. The van der Waals surface area contributed by atoms with Crippen molar-refractivity contribution in [2.24, 2.45) is 16.4 Å². The molecule has 0 amide bonds. The number of benzene rings is 1. The van der Waals surface area contributed by atoms with Crippen molar-refractivity contribution < 1.29 is 8.42 Å². The van der Waals surface area contributed by atoms with Gasteiger partial charge in [-0.25, -0.2) is 4.83 Å². The minimum atomic E-state index is -3.60. The topological polar surface area (TPSA) is 58.5 Å². The van der Waals surface area contributed by atoms with Gasteiger partial charge in [-0.05, 0) is 49.7 Å². The zero-order valence-electron chi connectivity index (χ0n) is 14.1. The van der Waals surface area contributed by atoms with Crippen LogP contribution in [0.25, 0.3) is 0 Å². The average Bonchev–Trinajstić information content (AvgIpc) is 2.45. The fourth-order valence-electron chi connectivity index (χ4n) is 2.78. The van der Waals surface area contributed by atoms with Gasteiger partial charge in [-0.1, -0.05) is 54.4 Å². The highest BCUT2D eigenvalue weighted by atomic mass is 79.9. The van der Waals surface area contributed by atoms with Gasteiger partial charge in [-0.15, -0.1) is 0 Å². The number of alkyl halides is 1. The van der Waals surface area contributed by atoms with Crippen molar-refractivity contribution in [1.82, 2.24) is 4.83 Å². The van der Waals surface area contributed by atoms with Crippen LogP contribution in [0.4, 0.5) is 0 Å². The van der Waals surface area contributed by atoms with E-state index in [2.05, 4.69) is 46.6 Å². The van der Waals surface area contributed by atoms with Gasteiger partial charge in [0.2, 0.25) is 0 Å². The van der Waals surface area contributed by atoms with Crippen molar-refractivity contribution in [2.75, 3.05) is 0 Å². The molecule has 4 nitrogen and oxygen atoms in total. The van der Waals surface area contributed by atoms with Crippen LogP contribution in [0.3, 0.4) is 0 Å². The first-order valence-electron chi connectivity index (χ1n) is 7.88. The smallest absolute Gasteiger partial charge is 0.200 e. The van der Waals surface area contributed by atoms with Crippen molar-refractivity contribution in [1.29, 1.82) is 0 Å². The Hall–Kier alpha value is -0.880. The highest BCUT2D eigenvalue weighted by Crippen LogP contribution is 2.39. The van der Waals surface area contributed by atoms with Crippen LogP contribution in [0.15, 0.2) is 34.3 Å². The molecule has 0 radical (unpaired) electrons. The molecule has 1 N–H and O–H groups in total. The first-order valence-corrected chi connectivity index (χ1v) is 10.3. The summed E-state index contributed by atoms with van der Waals surface area (Å²) in [5, 5.41) is 4.18. The molecular formula is C17H25BrN2O2S. The van der Waals surface area contributed by atoms with E-state index in [1.807, 2.05) is 6.92 Å². The van der Waals surface area contributed by atoms with E-state index in [1.165, 1.54) is 0 Å². The lowest BCUT2D eigenvalue weighted by molar-refractivity contribution is 0.211. The molecule has 0 spiro atoms. The lowest BCUT2D eigenvalue weighted by atomic mass is 9.72. The molecule has 2 rings (SSSR count). The number of halogens is 1. The van der Waals surface area contributed by atoms with E-state index in [9.17, 15) is 8.42 Å². The Labute approximate surface area is 147 Å². The summed E-state index contributed by atoms with van der Waals surface area (Å²) in [6, 6.07) is 6.76. The van der Waals surface area contributed by atoms with Crippen LogP contribution in [0.1, 0.15) is 45.6 Å². The maximum absolute atomic E-state index is 12.3. The Morgan fingerprint density at radius 2 is 1.83 bits per heavy atom. The van der Waals surface area contributed by atoms with Gasteiger partial charge in [-0.2, -0.15) is 13.5 Å². The molecule has 0 unspecified atom stereocenters. The fraction of sp³-hybridized carbons (Fsp3) is 0.588. The van der Waals surface area contributed by atoms with Crippen LogP contribution in [0.2, 0.25) is 0 Å². The summed E-state index contributed by atoms with van der Waals surface area (Å²) >= 11 is 3.66. The largest absolute Gasteiger partial charge is 0.276 e. The van der Waals surface area contributed by atoms with Crippen LogP contribution in [-0.4, -0.2) is 19.0 Å². The molecule has 2 atom stereocenters. The second-order valence-corrected chi connectivity index (χ2v) is 10.1. The zero-order chi connectivity index (χ0) is 17.3. The van der Waals surface area contributed by atoms with Crippen molar-refractivity contribution in [3.63, 3.8) is 0 Å². The third-order valence-corrected chi connectivity index (χ3v) is 6.59. The highest BCUT2D eigenvalue weighted by Gasteiger charge is 2.33. The Balaban J connectivity index is 2.07. The molecule has 0 aliphatic heterocycles. The fourth-order valence-corrected chi connectivity index (χ4v) is 4.40. The van der Waals surface area contributed by atoms with Crippen molar-refractivity contribution >= 4 is 31.7 Å². The molecule has 1 aromatic rings. The molecule has 1 aliphatic rings. The lowest BCUT2D eigenvalue weighted by Gasteiger charge is -2.36. The van der Waals surface area contributed by atoms with Gasteiger partial charge in [0.05, 0.1) is 15.4 Å². The Morgan fingerprint density at radius 1 is 1.22 bits per heavy atom. The van der Waals surface area contributed by atoms with Gasteiger partial charge in [0.25, 0.3) is 10.0 Å². The second-order valence-electron chi connectivity index (χ2n) is 7.32. The molecular weight excluding hydrogens is 376 g/mol. The molecule has 1 saturated carbocycles. The zero-order valence-corrected chi connectivity index (χ0v) is 16.5. The minimum absolute atomic E-state index is 0.126. The first-order chi connectivity index (χ1) is 10.6. The average molecular weight is 401 g/mol. The number of hydrogen-bond donors (Lipinski definition) is 1. The van der Waals surface area contributed by atoms with Gasteiger partial charge in [0.15, 0.2) is 0 Å². The summed E-state index contributed by atoms with van der Waals surface area (Å²) in [5.41, 5.74) is 2.16. The van der Waals surface area contributed by atoms with Gasteiger partial charge in [0, 0.05) is 0 Å². The molecule has 1 aliphatic carbocycles. The number of nitrogens with zero attached hydrogens (tertiary/aromatic N) is 1. The molecule has 1 aromatic carbocycles. The molecule has 1 fully saturated rings. The normalized spacial score (nSPS) is 24.7. The summed E-state index contributed by atoms with van der Waals surface area (Å²) in [7, 11) is -3.60.